The van der Waals surface area contributed by atoms with E-state index in [0.717, 1.165) is 42.6 Å². The summed E-state index contributed by atoms with van der Waals surface area (Å²) < 4.78 is 6.04. The molecule has 2 amide bonds. The maximum Gasteiger partial charge on any atom is 0.251 e. The standard InChI is InChI=1S/C40H58N4O5/c1-7-43-16-10-14-31(43)20-41-38(47)27-12-8-11-26(17-27)32-15-9-13-28(37(32)49-6)21-44-22-29(23-45)35(25(3)46)36(44)39(48)42-34-19-30-18-33(24(34)2)40(30,4)5/h8-9,11-13,15,17,24-25,29-31,33-36,45-46H,7,10,14,16,18-23H2,1-6H3,(H,41,47)(H,42,48)/t24-,25-,29-,30+,31?,33-,34-,35-,36-/m0/s1. The maximum atomic E-state index is 14.2. The summed E-state index contributed by atoms with van der Waals surface area (Å²) in [5, 5.41) is 27.9. The van der Waals surface area contributed by atoms with Crippen LogP contribution in [-0.4, -0.2) is 96.0 Å². The molecule has 5 fully saturated rings. The van der Waals surface area contributed by atoms with Crippen molar-refractivity contribution in [3.63, 3.8) is 0 Å². The fraction of sp³-hybridized carbons (Fsp3) is 0.650. The van der Waals surface area contributed by atoms with Crippen molar-refractivity contribution in [3.8, 4) is 16.9 Å². The smallest absolute Gasteiger partial charge is 0.251 e. The second-order valence-corrected chi connectivity index (χ2v) is 15.9. The number of hydrogen-bond donors (Lipinski definition) is 4. The summed E-state index contributed by atoms with van der Waals surface area (Å²) in [7, 11) is 1.65. The Balaban J connectivity index is 1.21. The van der Waals surface area contributed by atoms with Crippen molar-refractivity contribution in [3.05, 3.63) is 53.6 Å². The van der Waals surface area contributed by atoms with Gasteiger partial charge in [0.1, 0.15) is 5.75 Å². The number of hydrogen-bond acceptors (Lipinski definition) is 7. The predicted octanol–water partition coefficient (Wildman–Crippen LogP) is 4.55. The Bertz CT molecular complexity index is 1490. The van der Waals surface area contributed by atoms with E-state index >= 15 is 0 Å². The zero-order valence-electron chi connectivity index (χ0n) is 30.3. The first-order valence-electron chi connectivity index (χ1n) is 18.6. The van der Waals surface area contributed by atoms with E-state index in [4.69, 9.17) is 4.74 Å². The Morgan fingerprint density at radius 2 is 1.90 bits per heavy atom. The molecule has 2 aromatic rings. The number of para-hydroxylation sites is 1. The van der Waals surface area contributed by atoms with Gasteiger partial charge < -0.3 is 25.6 Å². The number of nitrogens with zero attached hydrogens (tertiary/aromatic N) is 2. The number of aliphatic hydroxyl groups is 2. The molecule has 2 aliphatic heterocycles. The van der Waals surface area contributed by atoms with Crippen LogP contribution in [0, 0.1) is 35.0 Å². The molecule has 1 unspecified atom stereocenters. The number of methoxy groups -OCH3 is 1. The van der Waals surface area contributed by atoms with E-state index in [1.165, 1.54) is 12.8 Å². The lowest BCUT2D eigenvalue weighted by Gasteiger charge is -2.62. The summed E-state index contributed by atoms with van der Waals surface area (Å²) in [6, 6.07) is 13.6. The molecule has 9 heteroatoms. The van der Waals surface area contributed by atoms with Crippen LogP contribution in [0.2, 0.25) is 0 Å². The molecule has 9 nitrogen and oxygen atoms in total. The first-order chi connectivity index (χ1) is 23.5. The minimum absolute atomic E-state index is 0.0636. The summed E-state index contributed by atoms with van der Waals surface area (Å²) in [6.07, 6.45) is 3.74. The third-order valence-corrected chi connectivity index (χ3v) is 13.0. The predicted molar refractivity (Wildman–Crippen MR) is 192 cm³/mol. The van der Waals surface area contributed by atoms with E-state index in [2.05, 4.69) is 48.1 Å². The lowest BCUT2D eigenvalue weighted by molar-refractivity contribution is -0.139. The highest BCUT2D eigenvalue weighted by Gasteiger charge is 2.57. The first-order valence-corrected chi connectivity index (χ1v) is 18.6. The Morgan fingerprint density at radius 1 is 1.12 bits per heavy atom. The zero-order valence-corrected chi connectivity index (χ0v) is 30.3. The second-order valence-electron chi connectivity index (χ2n) is 15.9. The van der Waals surface area contributed by atoms with Crippen LogP contribution in [0.25, 0.3) is 11.1 Å². The van der Waals surface area contributed by atoms with E-state index in [0.29, 0.717) is 60.2 Å². The molecule has 2 aromatic carbocycles. The summed E-state index contributed by atoms with van der Waals surface area (Å²) >= 11 is 0. The van der Waals surface area contributed by atoms with E-state index in [9.17, 15) is 19.8 Å². The highest BCUT2D eigenvalue weighted by molar-refractivity contribution is 5.95. The number of ether oxygens (including phenoxy) is 1. The number of amides is 2. The van der Waals surface area contributed by atoms with Gasteiger partial charge in [0.05, 0.1) is 19.3 Å². The number of fused-ring (bicyclic) bond motifs is 2. The Morgan fingerprint density at radius 3 is 2.57 bits per heavy atom. The second kappa shape index (κ2) is 14.7. The molecule has 0 radical (unpaired) electrons. The van der Waals surface area contributed by atoms with Crippen molar-refractivity contribution >= 4 is 11.8 Å². The SMILES string of the molecule is CCN1CCCC1CNC(=O)c1cccc(-c2cccc(CN3C[C@@H](CO)[C@H]([C@H](C)O)[C@H]3C(=O)N[C@H]3C[C@H]4C[C@@H]([C@@H]3C)C4(C)C)c2OC)c1. The van der Waals surface area contributed by atoms with Crippen LogP contribution in [0.5, 0.6) is 5.75 Å². The van der Waals surface area contributed by atoms with E-state index < -0.39 is 18.1 Å². The van der Waals surface area contributed by atoms with Crippen molar-refractivity contribution < 1.29 is 24.5 Å². The summed E-state index contributed by atoms with van der Waals surface area (Å²) in [5.74, 6) is 1.52. The minimum Gasteiger partial charge on any atom is -0.496 e. The normalized spacial score (nSPS) is 31.6. The van der Waals surface area contributed by atoms with Gasteiger partial charge in [0.2, 0.25) is 5.91 Å². The molecule has 268 valence electrons. The number of likely N-dealkylation sites (tertiary alicyclic amines) is 2. The zero-order chi connectivity index (χ0) is 35.0. The largest absolute Gasteiger partial charge is 0.496 e. The third kappa shape index (κ3) is 6.88. The molecule has 0 spiro atoms. The van der Waals surface area contributed by atoms with Gasteiger partial charge in [-0.25, -0.2) is 0 Å². The average Bonchev–Trinajstić information content (AvgIpc) is 3.71. The van der Waals surface area contributed by atoms with Gasteiger partial charge in [-0.15, -0.1) is 0 Å². The van der Waals surface area contributed by atoms with Crippen LogP contribution < -0.4 is 15.4 Å². The van der Waals surface area contributed by atoms with E-state index in [1.807, 2.05) is 42.5 Å². The van der Waals surface area contributed by atoms with E-state index in [1.54, 1.807) is 14.0 Å². The molecule has 4 N–H and O–H groups in total. The topological polar surface area (TPSA) is 114 Å². The lowest BCUT2D eigenvalue weighted by atomic mass is 9.45. The van der Waals surface area contributed by atoms with E-state index in [-0.39, 0.29) is 30.4 Å². The number of nitrogens with one attached hydrogen (secondary N) is 2. The molecule has 49 heavy (non-hydrogen) atoms. The van der Waals surface area contributed by atoms with Crippen molar-refractivity contribution in [2.75, 3.05) is 39.9 Å². The number of carbonyl (C=O) groups excluding carboxylic acids is 2. The first kappa shape index (κ1) is 35.8. The number of carbonyl (C=O) groups is 2. The molecule has 2 bridgehead atoms. The van der Waals surface area contributed by atoms with Crippen molar-refractivity contribution in [1.29, 1.82) is 0 Å². The Labute approximate surface area is 292 Å². The monoisotopic (exact) mass is 674 g/mol. The molecule has 9 atom stereocenters. The number of benzene rings is 2. The molecule has 0 aromatic heterocycles. The molecule has 2 heterocycles. The van der Waals surface area contributed by atoms with Crippen molar-refractivity contribution in [2.45, 2.75) is 91.1 Å². The van der Waals surface area contributed by atoms with Gasteiger partial charge in [-0.3, -0.25) is 19.4 Å². The fourth-order valence-electron chi connectivity index (χ4n) is 10.1. The molecule has 3 aliphatic carbocycles. The highest BCUT2D eigenvalue weighted by atomic mass is 16.5. The maximum absolute atomic E-state index is 14.2. The summed E-state index contributed by atoms with van der Waals surface area (Å²) in [4.78, 5) is 32.0. The molecular weight excluding hydrogens is 616 g/mol. The van der Waals surface area contributed by atoms with Gasteiger partial charge >= 0.3 is 0 Å². The quantitative estimate of drug-likeness (QED) is 0.261. The molecule has 3 saturated carbocycles. The fourth-order valence-corrected chi connectivity index (χ4v) is 10.1. The van der Waals surface area contributed by atoms with Gasteiger partial charge in [-0.05, 0) is 86.6 Å². The van der Waals surface area contributed by atoms with Crippen LogP contribution in [0.4, 0.5) is 0 Å². The Hall–Kier alpha value is -2.98. The van der Waals surface area contributed by atoms with Gasteiger partial charge in [-0.1, -0.05) is 58.0 Å². The van der Waals surface area contributed by atoms with Crippen LogP contribution in [-0.2, 0) is 11.3 Å². The van der Waals surface area contributed by atoms with Crippen molar-refractivity contribution in [2.24, 2.45) is 35.0 Å². The molecule has 5 aliphatic rings. The summed E-state index contributed by atoms with van der Waals surface area (Å²) in [6.45, 7) is 14.4. The van der Waals surface area contributed by atoms with Crippen LogP contribution in [0.1, 0.15) is 76.2 Å². The molecular formula is C40H58N4O5. The van der Waals surface area contributed by atoms with Gasteiger partial charge in [-0.2, -0.15) is 0 Å². The number of likely N-dealkylation sites (N-methyl/N-ethyl adjacent to an activating group) is 1. The summed E-state index contributed by atoms with van der Waals surface area (Å²) in [5.41, 5.74) is 3.57. The van der Waals surface area contributed by atoms with Gasteiger partial charge in [0, 0.05) is 66.9 Å². The molecule has 2 saturated heterocycles. The average molecular weight is 675 g/mol. The third-order valence-electron chi connectivity index (χ3n) is 13.0. The van der Waals surface area contributed by atoms with Crippen LogP contribution in [0.15, 0.2) is 42.5 Å². The highest BCUT2D eigenvalue weighted by Crippen LogP contribution is 2.61. The number of rotatable bonds is 12. The molecule has 7 rings (SSSR count). The van der Waals surface area contributed by atoms with Gasteiger partial charge in [0.25, 0.3) is 5.91 Å². The lowest BCUT2D eigenvalue weighted by Crippen LogP contribution is -2.62. The van der Waals surface area contributed by atoms with Crippen molar-refractivity contribution in [1.82, 2.24) is 20.4 Å². The Kier molecular flexibility index (Phi) is 10.8. The van der Waals surface area contributed by atoms with Crippen LogP contribution in [0.3, 0.4) is 0 Å². The van der Waals surface area contributed by atoms with Gasteiger partial charge in [0.15, 0.2) is 0 Å². The minimum atomic E-state index is -0.755. The van der Waals surface area contributed by atoms with Crippen LogP contribution >= 0.6 is 0 Å². The number of aliphatic hydroxyl groups excluding tert-OH is 2.